The number of hydrogen-bond acceptors (Lipinski definition) is 6. The number of methoxy groups -OCH3 is 1. The van der Waals surface area contributed by atoms with Crippen LogP contribution in [-0.4, -0.2) is 54.7 Å². The van der Waals surface area contributed by atoms with E-state index in [1.165, 1.54) is 0 Å². The molecule has 1 aromatic heterocycles. The molecule has 2 aromatic carbocycles. The fraction of sp³-hybridized carbons (Fsp3) is 0.304. The first-order valence-corrected chi connectivity index (χ1v) is 10.1. The molecule has 1 fully saturated rings. The minimum Gasteiger partial charge on any atom is -0.495 e. The molecule has 0 unspecified atom stereocenters. The largest absolute Gasteiger partial charge is 0.495 e. The van der Waals surface area contributed by atoms with Gasteiger partial charge in [-0.3, -0.25) is 0 Å². The lowest BCUT2D eigenvalue weighted by atomic mass is 10.1. The van der Waals surface area contributed by atoms with Gasteiger partial charge in [-0.1, -0.05) is 49.4 Å². The lowest BCUT2D eigenvalue weighted by Crippen LogP contribution is -2.46. The van der Waals surface area contributed by atoms with E-state index < -0.39 is 0 Å². The van der Waals surface area contributed by atoms with Crippen LogP contribution in [0.4, 0.5) is 17.5 Å². The standard InChI is InChI=1S/C23H27N5O/c1-3-27-13-15-28(16-14-27)23-25-20(18-9-5-4-6-10-18)17-22(26-23)24-19-11-7-8-12-21(19)29-2/h4-12,17H,3,13-16H2,1-2H3,(H,24,25,26). The molecule has 0 spiro atoms. The summed E-state index contributed by atoms with van der Waals surface area (Å²) in [5, 5.41) is 3.42. The minimum atomic E-state index is 0.760. The van der Waals surface area contributed by atoms with Crippen LogP contribution in [0.2, 0.25) is 0 Å². The average Bonchev–Trinajstić information content (AvgIpc) is 2.80. The summed E-state index contributed by atoms with van der Waals surface area (Å²) in [5.41, 5.74) is 2.87. The highest BCUT2D eigenvalue weighted by atomic mass is 16.5. The summed E-state index contributed by atoms with van der Waals surface area (Å²) in [6.45, 7) is 7.21. The topological polar surface area (TPSA) is 53.5 Å². The Morgan fingerprint density at radius 1 is 0.931 bits per heavy atom. The lowest BCUT2D eigenvalue weighted by molar-refractivity contribution is 0.270. The zero-order valence-electron chi connectivity index (χ0n) is 17.0. The van der Waals surface area contributed by atoms with E-state index in [1.54, 1.807) is 7.11 Å². The number of rotatable bonds is 6. The number of nitrogens with zero attached hydrogens (tertiary/aromatic N) is 4. The fourth-order valence-corrected chi connectivity index (χ4v) is 3.55. The molecular weight excluding hydrogens is 362 g/mol. The Morgan fingerprint density at radius 2 is 1.66 bits per heavy atom. The lowest BCUT2D eigenvalue weighted by Gasteiger charge is -2.34. The van der Waals surface area contributed by atoms with Crippen molar-refractivity contribution in [2.75, 3.05) is 50.1 Å². The Hall–Kier alpha value is -3.12. The Kier molecular flexibility index (Phi) is 5.91. The molecule has 0 saturated carbocycles. The summed E-state index contributed by atoms with van der Waals surface area (Å²) < 4.78 is 5.48. The van der Waals surface area contributed by atoms with Gasteiger partial charge in [-0.25, -0.2) is 4.98 Å². The van der Waals surface area contributed by atoms with E-state index >= 15 is 0 Å². The second-order valence-corrected chi connectivity index (χ2v) is 7.05. The van der Waals surface area contributed by atoms with Crippen LogP contribution in [0.3, 0.4) is 0 Å². The summed E-state index contributed by atoms with van der Waals surface area (Å²) in [7, 11) is 1.68. The molecule has 0 bridgehead atoms. The molecule has 29 heavy (non-hydrogen) atoms. The van der Waals surface area contributed by atoms with Gasteiger partial charge in [0.05, 0.1) is 18.5 Å². The number of nitrogens with one attached hydrogen (secondary N) is 1. The van der Waals surface area contributed by atoms with Crippen LogP contribution in [0.25, 0.3) is 11.3 Å². The van der Waals surface area contributed by atoms with Gasteiger partial charge in [0, 0.05) is 37.8 Å². The summed E-state index contributed by atoms with van der Waals surface area (Å²) in [6, 6.07) is 20.1. The van der Waals surface area contributed by atoms with Crippen LogP contribution in [0.15, 0.2) is 60.7 Å². The van der Waals surface area contributed by atoms with E-state index in [-0.39, 0.29) is 0 Å². The zero-order valence-corrected chi connectivity index (χ0v) is 17.0. The molecule has 2 heterocycles. The second-order valence-electron chi connectivity index (χ2n) is 7.05. The van der Waals surface area contributed by atoms with Gasteiger partial charge in [-0.05, 0) is 18.7 Å². The summed E-state index contributed by atoms with van der Waals surface area (Å²) in [6.07, 6.45) is 0. The van der Waals surface area contributed by atoms with Crippen LogP contribution in [0.5, 0.6) is 5.75 Å². The second kappa shape index (κ2) is 8.92. The highest BCUT2D eigenvalue weighted by Crippen LogP contribution is 2.29. The molecule has 1 aliphatic rings. The van der Waals surface area contributed by atoms with Gasteiger partial charge in [0.25, 0.3) is 0 Å². The van der Waals surface area contributed by atoms with E-state index in [9.17, 15) is 0 Å². The summed E-state index contributed by atoms with van der Waals surface area (Å²) >= 11 is 0. The fourth-order valence-electron chi connectivity index (χ4n) is 3.55. The van der Waals surface area contributed by atoms with Gasteiger partial charge in [-0.15, -0.1) is 0 Å². The molecule has 3 aromatic rings. The van der Waals surface area contributed by atoms with Crippen molar-refractivity contribution in [2.45, 2.75) is 6.92 Å². The first-order chi connectivity index (χ1) is 14.3. The number of para-hydroxylation sites is 2. The highest BCUT2D eigenvalue weighted by molar-refractivity contribution is 5.70. The van der Waals surface area contributed by atoms with Gasteiger partial charge >= 0.3 is 0 Å². The molecule has 0 amide bonds. The van der Waals surface area contributed by atoms with Crippen molar-refractivity contribution in [1.29, 1.82) is 0 Å². The normalized spacial score (nSPS) is 14.6. The Morgan fingerprint density at radius 3 is 2.38 bits per heavy atom. The van der Waals surface area contributed by atoms with Crippen LogP contribution in [0.1, 0.15) is 6.92 Å². The van der Waals surface area contributed by atoms with Gasteiger partial charge in [0.15, 0.2) is 0 Å². The molecule has 1 saturated heterocycles. The maximum absolute atomic E-state index is 5.48. The number of likely N-dealkylation sites (N-methyl/N-ethyl adjacent to an activating group) is 1. The third-order valence-electron chi connectivity index (χ3n) is 5.26. The van der Waals surface area contributed by atoms with Crippen LogP contribution < -0.4 is 15.0 Å². The van der Waals surface area contributed by atoms with Gasteiger partial charge in [0.2, 0.25) is 5.95 Å². The number of aromatic nitrogens is 2. The molecule has 1 N–H and O–H groups in total. The van der Waals surface area contributed by atoms with Crippen molar-refractivity contribution in [3.8, 4) is 17.0 Å². The SMILES string of the molecule is CCN1CCN(c2nc(Nc3ccccc3OC)cc(-c3ccccc3)n2)CC1. The van der Waals surface area contributed by atoms with Crippen molar-refractivity contribution in [3.63, 3.8) is 0 Å². The Balaban J connectivity index is 1.69. The predicted molar refractivity (Wildman–Crippen MR) is 118 cm³/mol. The minimum absolute atomic E-state index is 0.760. The van der Waals surface area contributed by atoms with Gasteiger partial charge in [0.1, 0.15) is 11.6 Å². The average molecular weight is 390 g/mol. The Labute approximate surface area is 172 Å². The highest BCUT2D eigenvalue weighted by Gasteiger charge is 2.19. The first-order valence-electron chi connectivity index (χ1n) is 10.1. The molecule has 4 rings (SSSR count). The molecule has 150 valence electrons. The molecule has 6 heteroatoms. The molecule has 0 radical (unpaired) electrons. The summed E-state index contributed by atoms with van der Waals surface area (Å²) in [4.78, 5) is 14.4. The summed E-state index contributed by atoms with van der Waals surface area (Å²) in [5.74, 6) is 2.31. The number of benzene rings is 2. The Bertz CT molecular complexity index is 939. The maximum Gasteiger partial charge on any atom is 0.227 e. The van der Waals surface area contributed by atoms with Crippen molar-refractivity contribution >= 4 is 17.5 Å². The van der Waals surface area contributed by atoms with E-state index in [0.29, 0.717) is 0 Å². The third-order valence-corrected chi connectivity index (χ3v) is 5.26. The molecular formula is C23H27N5O. The van der Waals surface area contributed by atoms with Gasteiger partial charge in [-0.2, -0.15) is 4.98 Å². The van der Waals surface area contributed by atoms with E-state index in [0.717, 1.165) is 67.2 Å². The van der Waals surface area contributed by atoms with Crippen molar-refractivity contribution in [3.05, 3.63) is 60.7 Å². The van der Waals surface area contributed by atoms with Crippen LogP contribution in [-0.2, 0) is 0 Å². The first kappa shape index (κ1) is 19.2. The van der Waals surface area contributed by atoms with Crippen molar-refractivity contribution in [1.82, 2.24) is 14.9 Å². The number of ether oxygens (including phenoxy) is 1. The smallest absolute Gasteiger partial charge is 0.227 e. The zero-order chi connectivity index (χ0) is 20.1. The van der Waals surface area contributed by atoms with Crippen molar-refractivity contribution in [2.24, 2.45) is 0 Å². The molecule has 0 aliphatic carbocycles. The van der Waals surface area contributed by atoms with Crippen LogP contribution in [0, 0.1) is 0 Å². The van der Waals surface area contributed by atoms with Crippen molar-refractivity contribution < 1.29 is 4.74 Å². The number of anilines is 3. The molecule has 0 atom stereocenters. The maximum atomic E-state index is 5.48. The monoisotopic (exact) mass is 389 g/mol. The molecule has 1 aliphatic heterocycles. The molecule has 6 nitrogen and oxygen atoms in total. The van der Waals surface area contributed by atoms with E-state index in [1.807, 2.05) is 48.5 Å². The third kappa shape index (κ3) is 4.49. The number of piperazine rings is 1. The quantitative estimate of drug-likeness (QED) is 0.687. The van der Waals surface area contributed by atoms with E-state index in [4.69, 9.17) is 14.7 Å². The van der Waals surface area contributed by atoms with E-state index in [2.05, 4.69) is 34.2 Å². The number of hydrogen-bond donors (Lipinski definition) is 1. The van der Waals surface area contributed by atoms with Gasteiger partial charge < -0.3 is 19.9 Å². The van der Waals surface area contributed by atoms with Crippen LogP contribution >= 0.6 is 0 Å². The predicted octanol–water partition coefficient (Wildman–Crippen LogP) is 4.04.